The highest BCUT2D eigenvalue weighted by Crippen LogP contribution is 2.33. The molecule has 25 heavy (non-hydrogen) atoms. The first-order chi connectivity index (χ1) is 12.1. The quantitative estimate of drug-likeness (QED) is 0.774. The second-order valence-electron chi connectivity index (χ2n) is 6.68. The van der Waals surface area contributed by atoms with Crippen molar-refractivity contribution < 1.29 is 9.18 Å². The Kier molecular flexibility index (Phi) is 5.43. The average molecular weight is 341 g/mol. The van der Waals surface area contributed by atoms with Crippen molar-refractivity contribution in [2.45, 2.75) is 38.4 Å². The summed E-state index contributed by atoms with van der Waals surface area (Å²) in [6.07, 6.45) is 4.01. The first-order valence-electron chi connectivity index (χ1n) is 8.70. The maximum absolute atomic E-state index is 13.8. The molecular formula is C20H24FN3O. The van der Waals surface area contributed by atoms with Gasteiger partial charge in [0.1, 0.15) is 5.82 Å². The van der Waals surface area contributed by atoms with Gasteiger partial charge in [-0.15, -0.1) is 0 Å². The zero-order chi connectivity index (χ0) is 17.8. The summed E-state index contributed by atoms with van der Waals surface area (Å²) in [6, 6.07) is 13.0. The van der Waals surface area contributed by atoms with E-state index in [9.17, 15) is 9.18 Å². The zero-order valence-corrected chi connectivity index (χ0v) is 14.7. The lowest BCUT2D eigenvalue weighted by Gasteiger charge is -2.30. The fourth-order valence-corrected chi connectivity index (χ4v) is 3.03. The molecule has 4 nitrogen and oxygen atoms in total. The maximum Gasteiger partial charge on any atom is 0.236 e. The van der Waals surface area contributed by atoms with Gasteiger partial charge in [-0.2, -0.15) is 0 Å². The van der Waals surface area contributed by atoms with Crippen molar-refractivity contribution >= 4 is 5.91 Å². The third kappa shape index (κ3) is 4.42. The van der Waals surface area contributed by atoms with Crippen LogP contribution >= 0.6 is 0 Å². The third-order valence-corrected chi connectivity index (χ3v) is 4.74. The van der Waals surface area contributed by atoms with Gasteiger partial charge in [-0.3, -0.25) is 14.7 Å². The predicted octanol–water partition coefficient (Wildman–Crippen LogP) is 3.40. The molecule has 0 bridgehead atoms. The fourth-order valence-electron chi connectivity index (χ4n) is 3.03. The van der Waals surface area contributed by atoms with E-state index in [2.05, 4.69) is 16.8 Å². The summed E-state index contributed by atoms with van der Waals surface area (Å²) in [6.45, 7) is 2.69. The van der Waals surface area contributed by atoms with E-state index in [1.54, 1.807) is 36.3 Å². The number of carbonyl (C=O) groups excluding carboxylic acids is 1. The summed E-state index contributed by atoms with van der Waals surface area (Å²) in [5.41, 5.74) is 1.51. The Morgan fingerprint density at radius 3 is 2.60 bits per heavy atom. The van der Waals surface area contributed by atoms with Crippen LogP contribution < -0.4 is 0 Å². The lowest BCUT2D eigenvalue weighted by molar-refractivity contribution is -0.132. The molecule has 132 valence electrons. The molecule has 1 fully saturated rings. The van der Waals surface area contributed by atoms with Crippen LogP contribution in [0.2, 0.25) is 0 Å². The molecule has 1 aliphatic rings. The summed E-state index contributed by atoms with van der Waals surface area (Å²) in [5, 5.41) is 0. The second-order valence-corrected chi connectivity index (χ2v) is 6.68. The highest BCUT2D eigenvalue weighted by Gasteiger charge is 2.35. The third-order valence-electron chi connectivity index (χ3n) is 4.74. The average Bonchev–Trinajstić information content (AvgIpc) is 3.46. The summed E-state index contributed by atoms with van der Waals surface area (Å²) in [5.74, 6) is -0.277. The highest BCUT2D eigenvalue weighted by atomic mass is 19.1. The van der Waals surface area contributed by atoms with Gasteiger partial charge in [-0.1, -0.05) is 24.3 Å². The second kappa shape index (κ2) is 7.74. The van der Waals surface area contributed by atoms with E-state index in [0.29, 0.717) is 18.2 Å². The molecule has 0 radical (unpaired) electrons. The first-order valence-corrected chi connectivity index (χ1v) is 8.70. The van der Waals surface area contributed by atoms with Crippen LogP contribution in [0.25, 0.3) is 0 Å². The van der Waals surface area contributed by atoms with Crippen LogP contribution in [0.15, 0.2) is 48.7 Å². The maximum atomic E-state index is 13.8. The molecular weight excluding hydrogens is 317 g/mol. The number of benzene rings is 1. The van der Waals surface area contributed by atoms with Crippen molar-refractivity contribution in [2.24, 2.45) is 0 Å². The van der Waals surface area contributed by atoms with Gasteiger partial charge >= 0.3 is 0 Å². The molecule has 0 saturated heterocycles. The van der Waals surface area contributed by atoms with Crippen molar-refractivity contribution in [1.82, 2.24) is 14.8 Å². The van der Waals surface area contributed by atoms with E-state index >= 15 is 0 Å². The summed E-state index contributed by atoms with van der Waals surface area (Å²) < 4.78 is 13.8. The van der Waals surface area contributed by atoms with E-state index < -0.39 is 0 Å². The standard InChI is InChI=1S/C20H24FN3O/c1-15(19-9-5-6-12-22-19)24(17-10-11-17)14-20(25)23(2)13-16-7-3-4-8-18(16)21/h3-9,12,15,17H,10-11,13-14H2,1-2H3/t15-/m1/s1. The molecule has 1 atom stereocenters. The van der Waals surface area contributed by atoms with Gasteiger partial charge in [-0.05, 0) is 38.0 Å². The molecule has 2 aromatic rings. The summed E-state index contributed by atoms with van der Waals surface area (Å²) >= 11 is 0. The van der Waals surface area contributed by atoms with E-state index in [-0.39, 0.29) is 24.3 Å². The number of rotatable bonds is 7. The Morgan fingerprint density at radius 2 is 1.96 bits per heavy atom. The van der Waals surface area contributed by atoms with Crippen molar-refractivity contribution in [1.29, 1.82) is 0 Å². The van der Waals surface area contributed by atoms with Crippen LogP contribution in [-0.2, 0) is 11.3 Å². The van der Waals surface area contributed by atoms with Gasteiger partial charge in [0.05, 0.1) is 18.3 Å². The van der Waals surface area contributed by atoms with Crippen LogP contribution in [-0.4, -0.2) is 40.3 Å². The van der Waals surface area contributed by atoms with Gasteiger partial charge in [0.25, 0.3) is 0 Å². The van der Waals surface area contributed by atoms with Gasteiger partial charge in [0.15, 0.2) is 0 Å². The molecule has 0 spiro atoms. The van der Waals surface area contributed by atoms with E-state index in [0.717, 1.165) is 18.5 Å². The molecule has 1 aromatic heterocycles. The molecule has 1 heterocycles. The molecule has 0 N–H and O–H groups in total. The normalized spacial score (nSPS) is 15.2. The lowest BCUT2D eigenvalue weighted by atomic mass is 10.1. The Morgan fingerprint density at radius 1 is 1.24 bits per heavy atom. The minimum Gasteiger partial charge on any atom is -0.340 e. The lowest BCUT2D eigenvalue weighted by Crippen LogP contribution is -2.40. The van der Waals surface area contributed by atoms with Crippen LogP contribution in [0.4, 0.5) is 4.39 Å². The Hall–Kier alpha value is -2.27. The van der Waals surface area contributed by atoms with E-state index in [1.807, 2.05) is 18.2 Å². The number of halogens is 1. The molecule has 1 aliphatic carbocycles. The highest BCUT2D eigenvalue weighted by molar-refractivity contribution is 5.78. The minimum absolute atomic E-state index is 0.00191. The number of pyridine rings is 1. The molecule has 1 saturated carbocycles. The number of hydrogen-bond acceptors (Lipinski definition) is 3. The van der Waals surface area contributed by atoms with Crippen molar-refractivity contribution in [3.8, 4) is 0 Å². The topological polar surface area (TPSA) is 36.4 Å². The predicted molar refractivity (Wildman–Crippen MR) is 95.3 cm³/mol. The van der Waals surface area contributed by atoms with Crippen LogP contribution in [0.5, 0.6) is 0 Å². The molecule has 0 unspecified atom stereocenters. The summed E-state index contributed by atoms with van der Waals surface area (Å²) in [4.78, 5) is 20.9. The number of amides is 1. The van der Waals surface area contributed by atoms with Gasteiger partial charge < -0.3 is 4.90 Å². The largest absolute Gasteiger partial charge is 0.340 e. The van der Waals surface area contributed by atoms with Gasteiger partial charge in [0.2, 0.25) is 5.91 Å². The number of likely N-dealkylation sites (N-methyl/N-ethyl adjacent to an activating group) is 1. The Balaban J connectivity index is 1.66. The number of nitrogens with zero attached hydrogens (tertiary/aromatic N) is 3. The van der Waals surface area contributed by atoms with Gasteiger partial charge in [0, 0.05) is 31.4 Å². The minimum atomic E-state index is -0.275. The monoisotopic (exact) mass is 341 g/mol. The Labute approximate surface area is 148 Å². The smallest absolute Gasteiger partial charge is 0.236 e. The summed E-state index contributed by atoms with van der Waals surface area (Å²) in [7, 11) is 1.73. The fraction of sp³-hybridized carbons (Fsp3) is 0.400. The zero-order valence-electron chi connectivity index (χ0n) is 14.7. The van der Waals surface area contributed by atoms with Crippen molar-refractivity contribution in [3.05, 3.63) is 65.7 Å². The van der Waals surface area contributed by atoms with Crippen LogP contribution in [0.3, 0.4) is 0 Å². The van der Waals surface area contributed by atoms with Crippen molar-refractivity contribution in [2.75, 3.05) is 13.6 Å². The van der Waals surface area contributed by atoms with E-state index in [4.69, 9.17) is 0 Å². The van der Waals surface area contributed by atoms with Gasteiger partial charge in [-0.25, -0.2) is 4.39 Å². The van der Waals surface area contributed by atoms with Crippen molar-refractivity contribution in [3.63, 3.8) is 0 Å². The SMILES string of the molecule is C[C@H](c1ccccn1)N(CC(=O)N(C)Cc1ccccc1F)C1CC1. The molecule has 3 rings (SSSR count). The first kappa shape index (κ1) is 17.5. The molecule has 1 amide bonds. The Bertz CT molecular complexity index is 718. The number of aromatic nitrogens is 1. The number of hydrogen-bond donors (Lipinski definition) is 0. The van der Waals surface area contributed by atoms with Crippen LogP contribution in [0.1, 0.15) is 37.1 Å². The van der Waals surface area contributed by atoms with Crippen LogP contribution in [0, 0.1) is 5.82 Å². The molecule has 5 heteroatoms. The molecule has 1 aromatic carbocycles. The molecule has 0 aliphatic heterocycles. The number of carbonyl (C=O) groups is 1. The van der Waals surface area contributed by atoms with E-state index in [1.165, 1.54) is 6.07 Å².